The lowest BCUT2D eigenvalue weighted by atomic mass is 10.1. The van der Waals surface area contributed by atoms with Crippen molar-refractivity contribution < 1.29 is 9.59 Å². The molecule has 2 aromatic rings. The summed E-state index contributed by atoms with van der Waals surface area (Å²) in [5, 5.41) is 3.48. The summed E-state index contributed by atoms with van der Waals surface area (Å²) in [6.45, 7) is 6.61. The second-order valence-electron chi connectivity index (χ2n) is 6.93. The van der Waals surface area contributed by atoms with Crippen molar-refractivity contribution in [2.75, 3.05) is 36.4 Å². The van der Waals surface area contributed by atoms with Crippen LogP contribution in [0.5, 0.6) is 0 Å². The van der Waals surface area contributed by atoms with E-state index in [9.17, 15) is 9.59 Å². The number of carbonyl (C=O) groups excluding carboxylic acids is 2. The molecule has 1 aromatic heterocycles. The molecule has 0 spiro atoms. The number of carbonyl (C=O) groups is 2. The van der Waals surface area contributed by atoms with Crippen molar-refractivity contribution in [3.8, 4) is 0 Å². The first-order valence-corrected chi connectivity index (χ1v) is 9.87. The van der Waals surface area contributed by atoms with Gasteiger partial charge in [0, 0.05) is 44.0 Å². The molecular weight excluding hydrogens is 399 g/mol. The van der Waals surface area contributed by atoms with E-state index in [4.69, 9.17) is 23.2 Å². The van der Waals surface area contributed by atoms with Crippen LogP contribution in [0.1, 0.15) is 24.2 Å². The van der Waals surface area contributed by atoms with Gasteiger partial charge in [-0.1, -0.05) is 37.0 Å². The van der Waals surface area contributed by atoms with Crippen LogP contribution in [0.15, 0.2) is 36.5 Å². The molecule has 1 N–H and O–H groups in total. The number of nitrogens with one attached hydrogen (secondary N) is 1. The number of aromatic nitrogens is 1. The standard InChI is InChI=1S/C20H22Cl2N4O2/c1-13(2)20(28)26-10-8-25(9-11-26)17-6-5-14(12-16(17)21)24-19(27)15-4-3-7-23-18(15)22/h3-7,12-13H,8-11H2,1-2H3,(H,24,27). The summed E-state index contributed by atoms with van der Waals surface area (Å²) < 4.78 is 0. The Labute approximate surface area is 174 Å². The van der Waals surface area contributed by atoms with E-state index in [2.05, 4.69) is 15.2 Å². The molecule has 1 saturated heterocycles. The van der Waals surface area contributed by atoms with Crippen molar-refractivity contribution in [3.63, 3.8) is 0 Å². The first-order chi connectivity index (χ1) is 13.4. The Balaban J connectivity index is 1.66. The zero-order valence-electron chi connectivity index (χ0n) is 15.8. The van der Waals surface area contributed by atoms with Gasteiger partial charge in [-0.3, -0.25) is 9.59 Å². The summed E-state index contributed by atoms with van der Waals surface area (Å²) in [7, 11) is 0. The zero-order valence-corrected chi connectivity index (χ0v) is 17.3. The summed E-state index contributed by atoms with van der Waals surface area (Å²) in [6.07, 6.45) is 1.53. The van der Waals surface area contributed by atoms with E-state index in [-0.39, 0.29) is 22.9 Å². The van der Waals surface area contributed by atoms with Gasteiger partial charge >= 0.3 is 0 Å². The SMILES string of the molecule is CC(C)C(=O)N1CCN(c2ccc(NC(=O)c3cccnc3Cl)cc2Cl)CC1. The first kappa shape index (κ1) is 20.4. The number of hydrogen-bond acceptors (Lipinski definition) is 4. The smallest absolute Gasteiger partial charge is 0.258 e. The second kappa shape index (κ2) is 8.80. The second-order valence-corrected chi connectivity index (χ2v) is 7.69. The number of nitrogens with zero attached hydrogens (tertiary/aromatic N) is 3. The molecule has 1 fully saturated rings. The third kappa shape index (κ3) is 4.56. The molecule has 0 atom stereocenters. The highest BCUT2D eigenvalue weighted by atomic mass is 35.5. The van der Waals surface area contributed by atoms with E-state index < -0.39 is 0 Å². The number of hydrogen-bond donors (Lipinski definition) is 1. The van der Waals surface area contributed by atoms with E-state index in [1.54, 1.807) is 24.3 Å². The molecule has 8 heteroatoms. The van der Waals surface area contributed by atoms with Crippen LogP contribution in [0.3, 0.4) is 0 Å². The van der Waals surface area contributed by atoms with Gasteiger partial charge in [0.05, 0.1) is 16.3 Å². The average molecular weight is 421 g/mol. The van der Waals surface area contributed by atoms with Crippen LogP contribution in [0.25, 0.3) is 0 Å². The number of rotatable bonds is 4. The fourth-order valence-electron chi connectivity index (χ4n) is 3.13. The van der Waals surface area contributed by atoms with Gasteiger partial charge in [-0.25, -0.2) is 4.98 Å². The quantitative estimate of drug-likeness (QED) is 0.760. The highest BCUT2D eigenvalue weighted by Gasteiger charge is 2.24. The van der Waals surface area contributed by atoms with Crippen LogP contribution in [0.4, 0.5) is 11.4 Å². The van der Waals surface area contributed by atoms with E-state index in [0.717, 1.165) is 18.8 Å². The van der Waals surface area contributed by atoms with Crippen molar-refractivity contribution in [1.29, 1.82) is 0 Å². The van der Waals surface area contributed by atoms with Crippen LogP contribution in [0.2, 0.25) is 10.2 Å². The molecule has 2 heterocycles. The summed E-state index contributed by atoms with van der Waals surface area (Å²) in [5.41, 5.74) is 1.76. The minimum atomic E-state index is -0.345. The van der Waals surface area contributed by atoms with Gasteiger partial charge in [-0.05, 0) is 30.3 Å². The van der Waals surface area contributed by atoms with Gasteiger partial charge in [0.2, 0.25) is 5.91 Å². The Morgan fingerprint density at radius 3 is 2.43 bits per heavy atom. The largest absolute Gasteiger partial charge is 0.367 e. The van der Waals surface area contributed by atoms with Crippen molar-refractivity contribution >= 4 is 46.4 Å². The Morgan fingerprint density at radius 1 is 1.11 bits per heavy atom. The van der Waals surface area contributed by atoms with Gasteiger partial charge in [-0.15, -0.1) is 0 Å². The first-order valence-electron chi connectivity index (χ1n) is 9.12. The maximum Gasteiger partial charge on any atom is 0.258 e. The predicted molar refractivity (Wildman–Crippen MR) is 112 cm³/mol. The van der Waals surface area contributed by atoms with Crippen molar-refractivity contribution in [3.05, 3.63) is 52.3 Å². The highest BCUT2D eigenvalue weighted by Crippen LogP contribution is 2.30. The minimum Gasteiger partial charge on any atom is -0.367 e. The van der Waals surface area contributed by atoms with Crippen LogP contribution in [-0.2, 0) is 4.79 Å². The number of benzene rings is 1. The lowest BCUT2D eigenvalue weighted by Gasteiger charge is -2.37. The number of amides is 2. The lowest BCUT2D eigenvalue weighted by molar-refractivity contribution is -0.134. The fourth-order valence-corrected chi connectivity index (χ4v) is 3.63. The van der Waals surface area contributed by atoms with Gasteiger partial charge in [-0.2, -0.15) is 0 Å². The maximum atomic E-state index is 12.4. The van der Waals surface area contributed by atoms with Crippen LogP contribution >= 0.6 is 23.2 Å². The van der Waals surface area contributed by atoms with Crippen molar-refractivity contribution in [2.24, 2.45) is 5.92 Å². The molecule has 1 aromatic carbocycles. The summed E-state index contributed by atoms with van der Waals surface area (Å²) >= 11 is 12.4. The lowest BCUT2D eigenvalue weighted by Crippen LogP contribution is -2.50. The van der Waals surface area contributed by atoms with E-state index in [0.29, 0.717) is 29.4 Å². The van der Waals surface area contributed by atoms with Gasteiger partial charge < -0.3 is 15.1 Å². The molecule has 2 amide bonds. The molecule has 1 aliphatic heterocycles. The highest BCUT2D eigenvalue weighted by molar-refractivity contribution is 6.34. The topological polar surface area (TPSA) is 65.5 Å². The zero-order chi connectivity index (χ0) is 20.3. The van der Waals surface area contributed by atoms with Crippen LogP contribution in [0, 0.1) is 5.92 Å². The Kier molecular flexibility index (Phi) is 6.42. The predicted octanol–water partition coefficient (Wildman–Crippen LogP) is 3.95. The number of piperazine rings is 1. The molecule has 3 rings (SSSR count). The molecule has 1 aliphatic rings. The molecule has 6 nitrogen and oxygen atoms in total. The third-order valence-electron chi connectivity index (χ3n) is 4.64. The van der Waals surface area contributed by atoms with Gasteiger partial charge in [0.15, 0.2) is 0 Å². The summed E-state index contributed by atoms with van der Waals surface area (Å²) in [5.74, 6) is -0.160. The number of anilines is 2. The normalized spacial score (nSPS) is 14.3. The van der Waals surface area contributed by atoms with Gasteiger partial charge in [0.25, 0.3) is 5.91 Å². The molecule has 0 saturated carbocycles. The monoisotopic (exact) mass is 420 g/mol. The van der Waals surface area contributed by atoms with Crippen LogP contribution in [-0.4, -0.2) is 47.9 Å². The van der Waals surface area contributed by atoms with E-state index >= 15 is 0 Å². The summed E-state index contributed by atoms with van der Waals surface area (Å²) in [4.78, 5) is 32.4. The molecule has 28 heavy (non-hydrogen) atoms. The minimum absolute atomic E-state index is 0.00588. The molecular formula is C20H22Cl2N4O2. The maximum absolute atomic E-state index is 12.4. The molecule has 0 bridgehead atoms. The van der Waals surface area contributed by atoms with Crippen molar-refractivity contribution in [1.82, 2.24) is 9.88 Å². The van der Waals surface area contributed by atoms with E-state index in [1.165, 1.54) is 6.20 Å². The molecule has 148 valence electrons. The Morgan fingerprint density at radius 2 is 1.82 bits per heavy atom. The summed E-state index contributed by atoms with van der Waals surface area (Å²) in [6, 6.07) is 8.65. The fraction of sp³-hybridized carbons (Fsp3) is 0.350. The van der Waals surface area contributed by atoms with Gasteiger partial charge in [0.1, 0.15) is 5.15 Å². The third-order valence-corrected chi connectivity index (χ3v) is 5.24. The number of halogens is 2. The van der Waals surface area contributed by atoms with E-state index in [1.807, 2.05) is 24.8 Å². The molecule has 0 unspecified atom stereocenters. The van der Waals surface area contributed by atoms with Crippen molar-refractivity contribution in [2.45, 2.75) is 13.8 Å². The Hall–Kier alpha value is -2.31. The average Bonchev–Trinajstić information content (AvgIpc) is 2.68. The molecule has 0 aliphatic carbocycles. The van der Waals surface area contributed by atoms with Crippen LogP contribution < -0.4 is 10.2 Å². The molecule has 0 radical (unpaired) electrons. The number of pyridine rings is 1. The Bertz CT molecular complexity index is 880.